The maximum atomic E-state index is 14.4. The van der Waals surface area contributed by atoms with Crippen molar-refractivity contribution in [2.45, 2.75) is 13.5 Å². The summed E-state index contributed by atoms with van der Waals surface area (Å²) in [6.07, 6.45) is 0. The Hall–Kier alpha value is -4.59. The summed E-state index contributed by atoms with van der Waals surface area (Å²) in [7, 11) is 0. The molecule has 7 nitrogen and oxygen atoms in total. The van der Waals surface area contributed by atoms with Crippen molar-refractivity contribution < 1.29 is 14.0 Å². The Morgan fingerprint density at radius 1 is 0.821 bits per heavy atom. The Balaban J connectivity index is 1.22. The topological polar surface area (TPSA) is 69.6 Å². The van der Waals surface area contributed by atoms with Gasteiger partial charge in [0.2, 0.25) is 5.91 Å². The second-order valence-corrected chi connectivity index (χ2v) is 9.64. The first-order chi connectivity index (χ1) is 19.0. The Morgan fingerprint density at radius 2 is 1.51 bits per heavy atom. The average molecular weight is 524 g/mol. The van der Waals surface area contributed by atoms with Gasteiger partial charge in [-0.05, 0) is 36.8 Å². The average Bonchev–Trinajstić information content (AvgIpc) is 2.98. The van der Waals surface area contributed by atoms with Crippen molar-refractivity contribution >= 4 is 17.6 Å². The van der Waals surface area contributed by atoms with E-state index in [4.69, 9.17) is 0 Å². The first kappa shape index (κ1) is 26.0. The molecule has 0 aliphatic carbocycles. The molecule has 1 saturated heterocycles. The van der Waals surface area contributed by atoms with Gasteiger partial charge in [-0.15, -0.1) is 10.2 Å². The van der Waals surface area contributed by atoms with Crippen LogP contribution in [0.3, 0.4) is 0 Å². The number of carbonyl (C=O) groups is 2. The Bertz CT molecular complexity index is 1420. The number of aryl methyl sites for hydroxylation is 1. The molecule has 1 aliphatic rings. The van der Waals surface area contributed by atoms with Crippen molar-refractivity contribution in [1.29, 1.82) is 0 Å². The molecular weight excluding hydrogens is 493 g/mol. The summed E-state index contributed by atoms with van der Waals surface area (Å²) < 4.78 is 14.4. The van der Waals surface area contributed by atoms with Crippen LogP contribution in [0.5, 0.6) is 0 Å². The summed E-state index contributed by atoms with van der Waals surface area (Å²) in [5, 5.41) is 8.81. The molecule has 0 N–H and O–H groups in total. The van der Waals surface area contributed by atoms with Gasteiger partial charge in [0, 0.05) is 38.3 Å². The summed E-state index contributed by atoms with van der Waals surface area (Å²) in [5.74, 6) is -0.515. The van der Waals surface area contributed by atoms with E-state index in [1.807, 2.05) is 73.7 Å². The van der Waals surface area contributed by atoms with E-state index in [9.17, 15) is 14.0 Å². The molecule has 8 heteroatoms. The summed E-state index contributed by atoms with van der Waals surface area (Å²) in [6, 6.07) is 27.3. The van der Waals surface area contributed by atoms with E-state index < -0.39 is 11.7 Å². The Kier molecular flexibility index (Phi) is 7.91. The first-order valence-electron chi connectivity index (χ1n) is 13.0. The maximum absolute atomic E-state index is 14.4. The van der Waals surface area contributed by atoms with Crippen molar-refractivity contribution in [3.63, 3.8) is 0 Å². The fourth-order valence-electron chi connectivity index (χ4n) is 4.63. The van der Waals surface area contributed by atoms with Gasteiger partial charge in [-0.25, -0.2) is 4.39 Å². The fraction of sp³-hybridized carbons (Fsp3) is 0.226. The summed E-state index contributed by atoms with van der Waals surface area (Å²) >= 11 is 0. The number of halogens is 1. The molecule has 198 valence electrons. The molecule has 1 fully saturated rings. The van der Waals surface area contributed by atoms with Crippen molar-refractivity contribution in [2.24, 2.45) is 0 Å². The number of nitrogens with zero attached hydrogens (tertiary/aromatic N) is 5. The second kappa shape index (κ2) is 11.9. The number of amides is 2. The lowest BCUT2D eigenvalue weighted by molar-refractivity contribution is -0.132. The quantitative estimate of drug-likeness (QED) is 0.355. The van der Waals surface area contributed by atoms with Gasteiger partial charge >= 0.3 is 0 Å². The zero-order valence-corrected chi connectivity index (χ0v) is 21.8. The molecule has 5 rings (SSSR count). The van der Waals surface area contributed by atoms with Gasteiger partial charge in [-0.1, -0.05) is 72.3 Å². The van der Waals surface area contributed by atoms with E-state index in [-0.39, 0.29) is 24.6 Å². The molecule has 3 aromatic carbocycles. The number of aromatic nitrogens is 2. The van der Waals surface area contributed by atoms with Gasteiger partial charge < -0.3 is 14.7 Å². The Morgan fingerprint density at radius 3 is 2.18 bits per heavy atom. The number of hydrogen-bond donors (Lipinski definition) is 0. The molecule has 0 radical (unpaired) electrons. The largest absolute Gasteiger partial charge is 0.352 e. The lowest BCUT2D eigenvalue weighted by atomic mass is 10.1. The van der Waals surface area contributed by atoms with Gasteiger partial charge in [-0.3, -0.25) is 9.59 Å². The van der Waals surface area contributed by atoms with Gasteiger partial charge in [0.25, 0.3) is 5.91 Å². The van der Waals surface area contributed by atoms with Crippen LogP contribution < -0.4 is 4.90 Å². The lowest BCUT2D eigenvalue weighted by Crippen LogP contribution is -2.52. The minimum absolute atomic E-state index is 0.0429. The molecule has 1 aliphatic heterocycles. The molecule has 2 heterocycles. The van der Waals surface area contributed by atoms with Crippen molar-refractivity contribution in [3.05, 3.63) is 114 Å². The number of hydrogen-bond acceptors (Lipinski definition) is 5. The highest BCUT2D eigenvalue weighted by atomic mass is 19.1. The monoisotopic (exact) mass is 523 g/mol. The van der Waals surface area contributed by atoms with Crippen LogP contribution in [0.25, 0.3) is 11.3 Å². The number of rotatable bonds is 7. The third-order valence-corrected chi connectivity index (χ3v) is 6.89. The maximum Gasteiger partial charge on any atom is 0.257 e. The van der Waals surface area contributed by atoms with Crippen LogP contribution in [-0.4, -0.2) is 64.5 Å². The van der Waals surface area contributed by atoms with Crippen LogP contribution in [0, 0.1) is 12.7 Å². The molecule has 1 aromatic heterocycles. The molecule has 2 amide bonds. The van der Waals surface area contributed by atoms with Crippen LogP contribution in [-0.2, 0) is 11.3 Å². The third-order valence-electron chi connectivity index (χ3n) is 6.89. The van der Waals surface area contributed by atoms with Crippen molar-refractivity contribution in [3.8, 4) is 11.3 Å². The highest BCUT2D eigenvalue weighted by Gasteiger charge is 2.27. The third kappa shape index (κ3) is 6.29. The number of piperazine rings is 1. The smallest absolute Gasteiger partial charge is 0.257 e. The van der Waals surface area contributed by atoms with Crippen molar-refractivity contribution in [1.82, 2.24) is 20.0 Å². The van der Waals surface area contributed by atoms with Gasteiger partial charge in [-0.2, -0.15) is 0 Å². The normalized spacial score (nSPS) is 13.3. The van der Waals surface area contributed by atoms with Crippen LogP contribution >= 0.6 is 0 Å². The van der Waals surface area contributed by atoms with Gasteiger partial charge in [0.05, 0.1) is 11.3 Å². The molecule has 0 saturated carbocycles. The van der Waals surface area contributed by atoms with E-state index in [2.05, 4.69) is 15.1 Å². The second-order valence-electron chi connectivity index (χ2n) is 9.64. The molecular formula is C31H30FN5O2. The lowest BCUT2D eigenvalue weighted by Gasteiger charge is -2.36. The summed E-state index contributed by atoms with van der Waals surface area (Å²) in [6.45, 7) is 4.32. The number of anilines is 1. The van der Waals surface area contributed by atoms with Crippen molar-refractivity contribution in [2.75, 3.05) is 37.6 Å². The van der Waals surface area contributed by atoms with Gasteiger partial charge in [0.15, 0.2) is 5.82 Å². The number of benzene rings is 3. The molecule has 0 unspecified atom stereocenters. The van der Waals surface area contributed by atoms with E-state index >= 15 is 0 Å². The summed E-state index contributed by atoms with van der Waals surface area (Å²) in [4.78, 5) is 31.8. The van der Waals surface area contributed by atoms with E-state index in [1.165, 1.54) is 22.6 Å². The summed E-state index contributed by atoms with van der Waals surface area (Å²) in [5.41, 5.74) is 3.84. The molecule has 39 heavy (non-hydrogen) atoms. The van der Waals surface area contributed by atoms with Crippen LogP contribution in [0.2, 0.25) is 0 Å². The molecule has 0 spiro atoms. The minimum atomic E-state index is -0.601. The highest BCUT2D eigenvalue weighted by Crippen LogP contribution is 2.20. The zero-order valence-electron chi connectivity index (χ0n) is 21.8. The minimum Gasteiger partial charge on any atom is -0.352 e. The van der Waals surface area contributed by atoms with E-state index in [0.29, 0.717) is 26.2 Å². The van der Waals surface area contributed by atoms with Crippen LogP contribution in [0.1, 0.15) is 21.5 Å². The zero-order chi connectivity index (χ0) is 27.2. The SMILES string of the molecule is Cc1ccc(-c2ccc(N3CCN(C(=O)CN(Cc4ccccc4)C(=O)c4ccccc4F)CC3)nn2)cc1. The predicted molar refractivity (Wildman–Crippen MR) is 149 cm³/mol. The first-order valence-corrected chi connectivity index (χ1v) is 13.0. The van der Waals surface area contributed by atoms with E-state index in [1.54, 1.807) is 17.0 Å². The fourth-order valence-corrected chi connectivity index (χ4v) is 4.63. The standard InChI is InChI=1S/C31H30FN5O2/c1-23-11-13-25(14-12-23)28-15-16-29(34-33-28)35-17-19-36(20-18-35)30(38)22-37(21-24-7-3-2-4-8-24)31(39)26-9-5-6-10-27(26)32/h2-16H,17-22H2,1H3. The van der Waals surface area contributed by atoms with Crippen LogP contribution in [0.15, 0.2) is 91.0 Å². The molecule has 0 atom stereocenters. The predicted octanol–water partition coefficient (Wildman–Crippen LogP) is 4.58. The highest BCUT2D eigenvalue weighted by molar-refractivity contribution is 5.96. The molecule has 4 aromatic rings. The molecule has 0 bridgehead atoms. The van der Waals surface area contributed by atoms with Crippen LogP contribution in [0.4, 0.5) is 10.2 Å². The number of carbonyl (C=O) groups excluding carboxylic acids is 2. The Labute approximate surface area is 227 Å². The van der Waals surface area contributed by atoms with Gasteiger partial charge in [0.1, 0.15) is 12.4 Å². The van der Waals surface area contributed by atoms with E-state index in [0.717, 1.165) is 22.6 Å².